The van der Waals surface area contributed by atoms with Gasteiger partial charge >= 0.3 is 0 Å². The number of hydrogen-bond donors (Lipinski definition) is 3. The number of nitrogens with zero attached hydrogens (tertiary/aromatic N) is 2. The van der Waals surface area contributed by atoms with Crippen LogP contribution in [-0.4, -0.2) is 31.9 Å². The van der Waals surface area contributed by atoms with E-state index in [1.165, 1.54) is 4.90 Å². The molecule has 8 nitrogen and oxygen atoms in total. The first-order chi connectivity index (χ1) is 13.5. The largest absolute Gasteiger partial charge is 0.503 e. The van der Waals surface area contributed by atoms with Gasteiger partial charge in [-0.1, -0.05) is 6.92 Å². The Bertz CT molecular complexity index is 1090. The number of H-pyrrole nitrogens is 1. The van der Waals surface area contributed by atoms with E-state index < -0.39 is 17.7 Å². The van der Waals surface area contributed by atoms with Gasteiger partial charge in [0, 0.05) is 12.1 Å². The van der Waals surface area contributed by atoms with Crippen LogP contribution in [0.25, 0.3) is 11.0 Å². The molecule has 1 aliphatic heterocycles. The maximum absolute atomic E-state index is 12.9. The third-order valence-electron chi connectivity index (χ3n) is 4.78. The molecule has 1 aromatic carbocycles. The molecule has 3 heterocycles. The van der Waals surface area contributed by atoms with Gasteiger partial charge in [0.25, 0.3) is 5.91 Å². The molecule has 1 atom stereocenters. The van der Waals surface area contributed by atoms with Crippen LogP contribution in [0.2, 0.25) is 0 Å². The molecule has 0 fully saturated rings. The van der Waals surface area contributed by atoms with Crippen molar-refractivity contribution in [3.8, 4) is 0 Å². The molecule has 0 bridgehead atoms. The molecule has 0 saturated heterocycles. The number of benzene rings is 1. The maximum Gasteiger partial charge on any atom is 0.294 e. The maximum atomic E-state index is 12.9. The van der Waals surface area contributed by atoms with Crippen molar-refractivity contribution in [1.82, 2.24) is 9.97 Å². The monoisotopic (exact) mass is 381 g/mol. The molecule has 0 aliphatic carbocycles. The summed E-state index contributed by atoms with van der Waals surface area (Å²) in [6, 6.07) is 7.44. The van der Waals surface area contributed by atoms with Gasteiger partial charge in [-0.2, -0.15) is 0 Å². The van der Waals surface area contributed by atoms with Crippen molar-refractivity contribution in [3.63, 3.8) is 0 Å². The van der Waals surface area contributed by atoms with E-state index in [4.69, 9.17) is 4.42 Å². The van der Waals surface area contributed by atoms with Gasteiger partial charge in [0.1, 0.15) is 24.2 Å². The van der Waals surface area contributed by atoms with Crippen LogP contribution in [0.5, 0.6) is 0 Å². The van der Waals surface area contributed by atoms with Crippen molar-refractivity contribution in [2.24, 2.45) is 0 Å². The van der Waals surface area contributed by atoms with Crippen LogP contribution in [0.1, 0.15) is 37.3 Å². The van der Waals surface area contributed by atoms with Crippen LogP contribution in [0, 0.1) is 0 Å². The summed E-state index contributed by atoms with van der Waals surface area (Å²) in [5, 5.41) is 19.8. The standard InChI is InChI=1S/C20H19N3O5/c1-2-3-15(25)17-18(16-7-5-12(9-24)28-16)23(20(27)19(17)26)11-4-6-13-14(8-11)22-10-21-13/h4-8,10,18,24,26H,2-3,9H2,1H3,(H,21,22). The quantitative estimate of drug-likeness (QED) is 0.604. The summed E-state index contributed by atoms with van der Waals surface area (Å²) in [5.74, 6) is -0.973. The molecule has 28 heavy (non-hydrogen) atoms. The van der Waals surface area contributed by atoms with Crippen molar-refractivity contribution in [3.05, 3.63) is 59.5 Å². The van der Waals surface area contributed by atoms with Crippen LogP contribution >= 0.6 is 0 Å². The average molecular weight is 381 g/mol. The first-order valence-electron chi connectivity index (χ1n) is 8.97. The van der Waals surface area contributed by atoms with Crippen LogP contribution < -0.4 is 4.90 Å². The third kappa shape index (κ3) is 2.78. The second kappa shape index (κ2) is 6.97. The third-order valence-corrected chi connectivity index (χ3v) is 4.78. The van der Waals surface area contributed by atoms with E-state index in [1.807, 2.05) is 6.92 Å². The number of nitrogens with one attached hydrogen (secondary N) is 1. The zero-order valence-electron chi connectivity index (χ0n) is 15.2. The first-order valence-corrected chi connectivity index (χ1v) is 8.97. The lowest BCUT2D eigenvalue weighted by Gasteiger charge is -2.25. The number of Topliss-reactive ketones (excluding diaryl/α,β-unsaturated/α-hetero) is 1. The number of furan rings is 1. The van der Waals surface area contributed by atoms with Crippen molar-refractivity contribution in [2.75, 3.05) is 4.90 Å². The SMILES string of the molecule is CCCC(=O)C1=C(O)C(=O)N(c2ccc3[nH]cnc3c2)C1c1ccc(CO)o1. The van der Waals surface area contributed by atoms with E-state index >= 15 is 0 Å². The number of aromatic amines is 1. The molecule has 0 saturated carbocycles. The summed E-state index contributed by atoms with van der Waals surface area (Å²) in [6.07, 6.45) is 2.32. The minimum atomic E-state index is -0.914. The van der Waals surface area contributed by atoms with Gasteiger partial charge < -0.3 is 19.6 Å². The second-order valence-electron chi connectivity index (χ2n) is 6.58. The highest BCUT2D eigenvalue weighted by Crippen LogP contribution is 2.42. The van der Waals surface area contributed by atoms with Gasteiger partial charge in [-0.3, -0.25) is 14.5 Å². The lowest BCUT2D eigenvalue weighted by Crippen LogP contribution is -2.30. The van der Waals surface area contributed by atoms with Crippen molar-refractivity contribution >= 4 is 28.4 Å². The fourth-order valence-electron chi connectivity index (χ4n) is 3.48. The second-order valence-corrected chi connectivity index (χ2v) is 6.58. The summed E-state index contributed by atoms with van der Waals surface area (Å²) in [4.78, 5) is 34.1. The topological polar surface area (TPSA) is 120 Å². The Hall–Kier alpha value is -3.39. The molecule has 1 amide bonds. The molecule has 4 rings (SSSR count). The lowest BCUT2D eigenvalue weighted by atomic mass is 9.98. The average Bonchev–Trinajstić information content (AvgIpc) is 3.40. The normalized spacial score (nSPS) is 17.1. The molecule has 1 aliphatic rings. The predicted molar refractivity (Wildman–Crippen MR) is 101 cm³/mol. The number of anilines is 1. The minimum Gasteiger partial charge on any atom is -0.503 e. The fourth-order valence-corrected chi connectivity index (χ4v) is 3.48. The highest BCUT2D eigenvalue weighted by molar-refractivity contribution is 6.16. The zero-order valence-corrected chi connectivity index (χ0v) is 15.2. The minimum absolute atomic E-state index is 0.00724. The first kappa shape index (κ1) is 18.0. The molecule has 2 aromatic heterocycles. The van der Waals surface area contributed by atoms with Gasteiger partial charge in [-0.15, -0.1) is 0 Å². The molecular weight excluding hydrogens is 362 g/mol. The number of carbonyl (C=O) groups excluding carboxylic acids is 2. The Labute approximate surface area is 160 Å². The molecule has 1 unspecified atom stereocenters. The highest BCUT2D eigenvalue weighted by atomic mass is 16.4. The highest BCUT2D eigenvalue weighted by Gasteiger charge is 2.45. The van der Waals surface area contributed by atoms with E-state index in [-0.39, 0.29) is 24.4 Å². The number of aromatic nitrogens is 2. The van der Waals surface area contributed by atoms with Gasteiger partial charge in [0.15, 0.2) is 11.5 Å². The number of hydrogen-bond acceptors (Lipinski definition) is 6. The molecule has 144 valence electrons. The molecule has 0 radical (unpaired) electrons. The number of fused-ring (bicyclic) bond motifs is 1. The van der Waals surface area contributed by atoms with E-state index in [0.717, 1.165) is 5.52 Å². The summed E-state index contributed by atoms with van der Waals surface area (Å²) in [6.45, 7) is 1.54. The number of ketones is 1. The Morgan fingerprint density at radius 1 is 1.32 bits per heavy atom. The molecule has 3 aromatic rings. The molecule has 3 N–H and O–H groups in total. The number of imidazole rings is 1. The van der Waals surface area contributed by atoms with Crippen molar-refractivity contribution < 1.29 is 24.2 Å². The smallest absolute Gasteiger partial charge is 0.294 e. The van der Waals surface area contributed by atoms with E-state index in [9.17, 15) is 19.8 Å². The van der Waals surface area contributed by atoms with Gasteiger partial charge in [-0.25, -0.2) is 4.98 Å². The fraction of sp³-hybridized carbons (Fsp3) is 0.250. The molecule has 0 spiro atoms. The summed E-state index contributed by atoms with van der Waals surface area (Å²) in [5.41, 5.74) is 1.93. The summed E-state index contributed by atoms with van der Waals surface area (Å²) in [7, 11) is 0. The molecule has 8 heteroatoms. The van der Waals surface area contributed by atoms with E-state index in [1.54, 1.807) is 36.7 Å². The number of rotatable bonds is 6. The van der Waals surface area contributed by atoms with Crippen molar-refractivity contribution in [1.29, 1.82) is 0 Å². The number of aliphatic hydroxyl groups excluding tert-OH is 2. The lowest BCUT2D eigenvalue weighted by molar-refractivity contribution is -0.118. The molecular formula is C20H19N3O5. The Kier molecular flexibility index (Phi) is 4.48. The number of amides is 1. The Morgan fingerprint density at radius 2 is 2.14 bits per heavy atom. The predicted octanol–water partition coefficient (Wildman–Crippen LogP) is 2.92. The van der Waals surface area contributed by atoms with E-state index in [2.05, 4.69) is 9.97 Å². The van der Waals surface area contributed by atoms with Gasteiger partial charge in [-0.05, 0) is 36.8 Å². The van der Waals surface area contributed by atoms with Gasteiger partial charge in [0.2, 0.25) is 0 Å². The number of carbonyl (C=O) groups is 2. The Morgan fingerprint density at radius 3 is 2.86 bits per heavy atom. The van der Waals surface area contributed by atoms with Crippen LogP contribution in [-0.2, 0) is 16.2 Å². The van der Waals surface area contributed by atoms with Crippen LogP contribution in [0.4, 0.5) is 5.69 Å². The van der Waals surface area contributed by atoms with Gasteiger partial charge in [0.05, 0.1) is 22.9 Å². The zero-order chi connectivity index (χ0) is 19.8. The van der Waals surface area contributed by atoms with Crippen molar-refractivity contribution in [2.45, 2.75) is 32.4 Å². The van der Waals surface area contributed by atoms with Crippen LogP contribution in [0.15, 0.2) is 52.4 Å². The van der Waals surface area contributed by atoms with Crippen LogP contribution in [0.3, 0.4) is 0 Å². The summed E-state index contributed by atoms with van der Waals surface area (Å²) < 4.78 is 5.63. The van der Waals surface area contributed by atoms with E-state index in [0.29, 0.717) is 29.1 Å². The number of aliphatic hydroxyl groups is 2. The Balaban J connectivity index is 1.86. The summed E-state index contributed by atoms with van der Waals surface area (Å²) >= 11 is 0.